The summed E-state index contributed by atoms with van der Waals surface area (Å²) in [7, 11) is 4.04. The fraction of sp³-hybridized carbons (Fsp3) is 0.318. The van der Waals surface area contributed by atoms with Crippen LogP contribution in [-0.2, 0) is 6.54 Å². The molecule has 0 atom stereocenters. The fourth-order valence-corrected chi connectivity index (χ4v) is 3.57. The first-order chi connectivity index (χ1) is 14.9. The molecule has 4 rings (SSSR count). The normalized spacial score (nSPS) is 11.6. The zero-order valence-electron chi connectivity index (χ0n) is 17.5. The van der Waals surface area contributed by atoms with Crippen molar-refractivity contribution in [1.29, 1.82) is 0 Å². The second-order valence-corrected chi connectivity index (χ2v) is 7.86. The number of hydrogen-bond acceptors (Lipinski definition) is 5. The maximum absolute atomic E-state index is 12.5. The molecule has 3 N–H and O–H groups in total. The topological polar surface area (TPSA) is 116 Å². The van der Waals surface area contributed by atoms with Gasteiger partial charge in [0.2, 0.25) is 0 Å². The zero-order chi connectivity index (χ0) is 22.0. The van der Waals surface area contributed by atoms with Crippen molar-refractivity contribution < 1.29 is 9.21 Å². The van der Waals surface area contributed by atoms with Crippen molar-refractivity contribution in [3.63, 3.8) is 0 Å². The van der Waals surface area contributed by atoms with Crippen LogP contribution < -0.4 is 16.8 Å². The first kappa shape index (κ1) is 20.7. The number of nitrogens with zero attached hydrogens (tertiary/aromatic N) is 2. The monoisotopic (exact) mass is 423 g/mol. The molecule has 2 aromatic heterocycles. The molecule has 4 aromatic rings. The lowest BCUT2D eigenvalue weighted by molar-refractivity contribution is 0.0953. The van der Waals surface area contributed by atoms with E-state index >= 15 is 0 Å². The number of carbonyl (C=O) groups is 1. The highest BCUT2D eigenvalue weighted by Gasteiger charge is 2.14. The van der Waals surface area contributed by atoms with Gasteiger partial charge in [0.25, 0.3) is 5.91 Å². The van der Waals surface area contributed by atoms with E-state index in [2.05, 4.69) is 20.2 Å². The molecule has 2 aromatic carbocycles. The van der Waals surface area contributed by atoms with E-state index in [0.29, 0.717) is 34.2 Å². The van der Waals surface area contributed by atoms with E-state index in [9.17, 15) is 14.4 Å². The van der Waals surface area contributed by atoms with Crippen LogP contribution in [0.5, 0.6) is 0 Å². The number of unbranched alkanes of at least 4 members (excludes halogenated alkanes) is 1. The predicted molar refractivity (Wildman–Crippen MR) is 119 cm³/mol. The molecule has 0 aliphatic carbocycles. The minimum absolute atomic E-state index is 0.182. The Bertz CT molecular complexity index is 1340. The maximum Gasteiger partial charge on any atom is 0.420 e. The van der Waals surface area contributed by atoms with E-state index < -0.39 is 5.76 Å². The molecule has 0 spiro atoms. The van der Waals surface area contributed by atoms with Gasteiger partial charge in [-0.05, 0) is 69.4 Å². The van der Waals surface area contributed by atoms with E-state index in [-0.39, 0.29) is 18.1 Å². The number of rotatable bonds is 8. The number of nitrogens with one attached hydrogen (secondary N) is 3. The molecule has 0 aliphatic heterocycles. The first-order valence-corrected chi connectivity index (χ1v) is 10.2. The highest BCUT2D eigenvalue weighted by Crippen LogP contribution is 2.18. The summed E-state index contributed by atoms with van der Waals surface area (Å²) in [5.74, 6) is -0.683. The lowest BCUT2D eigenvalue weighted by Crippen LogP contribution is -2.25. The number of aromatic amines is 2. The lowest BCUT2D eigenvalue weighted by atomic mass is 10.1. The summed E-state index contributed by atoms with van der Waals surface area (Å²) in [4.78, 5) is 43.9. The van der Waals surface area contributed by atoms with Gasteiger partial charge in [-0.3, -0.25) is 9.36 Å². The smallest absolute Gasteiger partial charge is 0.408 e. The molecule has 0 radical (unpaired) electrons. The largest absolute Gasteiger partial charge is 0.420 e. The van der Waals surface area contributed by atoms with Gasteiger partial charge in [0, 0.05) is 12.1 Å². The molecule has 9 nitrogen and oxygen atoms in total. The molecule has 1 amide bonds. The molecule has 0 fully saturated rings. The molecule has 31 heavy (non-hydrogen) atoms. The summed E-state index contributed by atoms with van der Waals surface area (Å²) in [6, 6.07) is 10.4. The van der Waals surface area contributed by atoms with E-state index in [1.54, 1.807) is 24.3 Å². The number of carbonyl (C=O) groups excluding carboxylic acids is 1. The highest BCUT2D eigenvalue weighted by atomic mass is 16.4. The molecule has 9 heteroatoms. The van der Waals surface area contributed by atoms with Gasteiger partial charge in [0.05, 0.1) is 23.1 Å². The Hall–Kier alpha value is -3.59. The van der Waals surface area contributed by atoms with E-state index in [1.807, 2.05) is 26.2 Å². The van der Waals surface area contributed by atoms with Gasteiger partial charge < -0.3 is 24.6 Å². The Morgan fingerprint density at radius 3 is 2.68 bits per heavy atom. The summed E-state index contributed by atoms with van der Waals surface area (Å²) in [6.07, 6.45) is 1.90. The number of H-pyrrole nitrogens is 2. The summed E-state index contributed by atoms with van der Waals surface area (Å²) >= 11 is 0. The van der Waals surface area contributed by atoms with Crippen molar-refractivity contribution >= 4 is 28.0 Å². The molecule has 0 saturated heterocycles. The van der Waals surface area contributed by atoms with Crippen molar-refractivity contribution in [2.45, 2.75) is 19.4 Å². The van der Waals surface area contributed by atoms with Gasteiger partial charge in [0.1, 0.15) is 0 Å². The molecule has 0 unspecified atom stereocenters. The Morgan fingerprint density at radius 1 is 1.06 bits per heavy atom. The van der Waals surface area contributed by atoms with E-state index in [4.69, 9.17) is 4.42 Å². The minimum Gasteiger partial charge on any atom is -0.408 e. The highest BCUT2D eigenvalue weighted by molar-refractivity contribution is 5.97. The average molecular weight is 423 g/mol. The first-order valence-electron chi connectivity index (χ1n) is 10.2. The van der Waals surface area contributed by atoms with Gasteiger partial charge in [-0.25, -0.2) is 9.59 Å². The van der Waals surface area contributed by atoms with Crippen molar-refractivity contribution in [3.05, 3.63) is 68.6 Å². The number of hydrogen-bond donors (Lipinski definition) is 3. The van der Waals surface area contributed by atoms with Crippen molar-refractivity contribution in [1.82, 2.24) is 24.8 Å². The van der Waals surface area contributed by atoms with E-state index in [1.165, 1.54) is 4.57 Å². The summed E-state index contributed by atoms with van der Waals surface area (Å²) in [5, 5.41) is 2.92. The molecular weight excluding hydrogens is 398 g/mol. The average Bonchev–Trinajstić information content (AvgIpc) is 3.25. The van der Waals surface area contributed by atoms with E-state index in [0.717, 1.165) is 24.9 Å². The standard InChI is InChI=1S/C22H25N5O4/c1-26(2)10-4-3-9-23-20(28)15-6-8-19-18(12-15)27(22(30)31-19)13-14-5-7-16-17(11-14)25-21(29)24-16/h5-8,11-12H,3-4,9-10,13H2,1-2H3,(H,23,28)(H2,24,25,29). The van der Waals surface area contributed by atoms with Gasteiger partial charge in [-0.15, -0.1) is 0 Å². The lowest BCUT2D eigenvalue weighted by Gasteiger charge is -2.09. The molecule has 162 valence electrons. The maximum atomic E-state index is 12.5. The fourth-order valence-electron chi connectivity index (χ4n) is 3.57. The molecule has 0 bridgehead atoms. The van der Waals surface area contributed by atoms with Gasteiger partial charge in [0.15, 0.2) is 5.58 Å². The Labute approximate surface area is 177 Å². The summed E-state index contributed by atoms with van der Waals surface area (Å²) < 4.78 is 6.82. The zero-order valence-corrected chi connectivity index (χ0v) is 17.5. The Kier molecular flexibility index (Phi) is 5.77. The van der Waals surface area contributed by atoms with Crippen LogP contribution in [-0.4, -0.2) is 52.5 Å². The van der Waals surface area contributed by atoms with Crippen LogP contribution in [0.25, 0.3) is 22.1 Å². The summed E-state index contributed by atoms with van der Waals surface area (Å²) in [6.45, 7) is 1.83. The van der Waals surface area contributed by atoms with Crippen LogP contribution >= 0.6 is 0 Å². The second kappa shape index (κ2) is 8.65. The van der Waals surface area contributed by atoms with Gasteiger partial charge >= 0.3 is 11.4 Å². The molecule has 2 heterocycles. The van der Waals surface area contributed by atoms with Crippen LogP contribution in [0.4, 0.5) is 0 Å². The number of benzene rings is 2. The summed E-state index contributed by atoms with van der Waals surface area (Å²) in [5.41, 5.74) is 3.34. The number of aromatic nitrogens is 3. The van der Waals surface area contributed by atoms with Gasteiger partial charge in [-0.1, -0.05) is 6.07 Å². The van der Waals surface area contributed by atoms with Crippen molar-refractivity contribution in [3.8, 4) is 0 Å². The van der Waals surface area contributed by atoms with Crippen LogP contribution in [0.2, 0.25) is 0 Å². The molecule has 0 saturated carbocycles. The van der Waals surface area contributed by atoms with Crippen LogP contribution in [0.1, 0.15) is 28.8 Å². The van der Waals surface area contributed by atoms with Crippen molar-refractivity contribution in [2.24, 2.45) is 0 Å². The number of amides is 1. The molecular formula is C22H25N5O4. The number of oxazole rings is 1. The van der Waals surface area contributed by atoms with Crippen LogP contribution in [0.3, 0.4) is 0 Å². The minimum atomic E-state index is -0.501. The third kappa shape index (κ3) is 4.61. The Morgan fingerprint density at radius 2 is 1.87 bits per heavy atom. The number of fused-ring (bicyclic) bond motifs is 2. The third-order valence-electron chi connectivity index (χ3n) is 5.17. The second-order valence-electron chi connectivity index (χ2n) is 7.86. The van der Waals surface area contributed by atoms with Gasteiger partial charge in [-0.2, -0.15) is 0 Å². The quantitative estimate of drug-likeness (QED) is 0.374. The molecule has 0 aliphatic rings. The Balaban J connectivity index is 1.53. The van der Waals surface area contributed by atoms with Crippen molar-refractivity contribution in [2.75, 3.05) is 27.2 Å². The predicted octanol–water partition coefficient (Wildman–Crippen LogP) is 1.88. The van der Waals surface area contributed by atoms with Crippen LogP contribution in [0.15, 0.2) is 50.4 Å². The van der Waals surface area contributed by atoms with Crippen LogP contribution in [0, 0.1) is 0 Å². The SMILES string of the molecule is CN(C)CCCCNC(=O)c1ccc2oc(=O)n(Cc3ccc4[nH]c(=O)[nH]c4c3)c2c1. The number of imidazole rings is 1. The third-order valence-corrected chi connectivity index (χ3v) is 5.17.